The fourth-order valence-corrected chi connectivity index (χ4v) is 3.76. The molecule has 122 valence electrons. The smallest absolute Gasteiger partial charge is 0.269 e. The molecule has 3 rings (SSSR count). The summed E-state index contributed by atoms with van der Waals surface area (Å²) >= 11 is 10.4. The van der Waals surface area contributed by atoms with Gasteiger partial charge in [0, 0.05) is 17.0 Å². The number of alkyl halides is 3. The van der Waals surface area contributed by atoms with Crippen LogP contribution in [0.3, 0.4) is 0 Å². The molecule has 3 heterocycles. The predicted molar refractivity (Wildman–Crippen MR) is 83.1 cm³/mol. The van der Waals surface area contributed by atoms with Crippen molar-refractivity contribution in [3.63, 3.8) is 0 Å². The van der Waals surface area contributed by atoms with Gasteiger partial charge in [-0.2, -0.15) is 18.3 Å². The number of halogens is 5. The van der Waals surface area contributed by atoms with Crippen LogP contribution in [0.25, 0.3) is 4.96 Å². The summed E-state index contributed by atoms with van der Waals surface area (Å²) in [6, 6.07) is 1.98. The van der Waals surface area contributed by atoms with E-state index in [1.807, 2.05) is 6.92 Å². The van der Waals surface area contributed by atoms with E-state index in [4.69, 9.17) is 11.6 Å². The standard InChI is InChI=1S/C12H7BrClF3N4OS/c1-5-10(13)21-9(22)2-6(18-11(21)23-5)4-20-8(14)3-7(19-20)12(15,16)17/h2-3H,4H2,1H3. The molecular formula is C12H7BrClF3N4OS. The second kappa shape index (κ2) is 5.60. The van der Waals surface area contributed by atoms with Gasteiger partial charge in [0.1, 0.15) is 9.76 Å². The highest BCUT2D eigenvalue weighted by Gasteiger charge is 2.34. The molecule has 3 aromatic rings. The van der Waals surface area contributed by atoms with Crippen molar-refractivity contribution in [2.45, 2.75) is 19.6 Å². The van der Waals surface area contributed by atoms with Gasteiger partial charge in [0.2, 0.25) is 0 Å². The van der Waals surface area contributed by atoms with Gasteiger partial charge < -0.3 is 0 Å². The first-order chi connectivity index (χ1) is 10.7. The molecule has 0 fully saturated rings. The Morgan fingerprint density at radius 1 is 1.39 bits per heavy atom. The van der Waals surface area contributed by atoms with Crippen molar-refractivity contribution in [1.29, 1.82) is 0 Å². The molecule has 0 spiro atoms. The van der Waals surface area contributed by atoms with Crippen molar-refractivity contribution < 1.29 is 13.2 Å². The van der Waals surface area contributed by atoms with Crippen LogP contribution in [0.2, 0.25) is 5.15 Å². The van der Waals surface area contributed by atoms with Crippen LogP contribution in [0.1, 0.15) is 16.3 Å². The van der Waals surface area contributed by atoms with Gasteiger partial charge in [-0.05, 0) is 22.9 Å². The van der Waals surface area contributed by atoms with E-state index in [1.54, 1.807) is 0 Å². The number of aromatic nitrogens is 4. The summed E-state index contributed by atoms with van der Waals surface area (Å²) in [5, 5.41) is 3.24. The summed E-state index contributed by atoms with van der Waals surface area (Å²) in [4.78, 5) is 17.7. The lowest BCUT2D eigenvalue weighted by atomic mass is 10.4. The Hall–Kier alpha value is -1.39. The highest BCUT2D eigenvalue weighted by molar-refractivity contribution is 9.10. The lowest BCUT2D eigenvalue weighted by Crippen LogP contribution is -2.16. The number of hydrogen-bond acceptors (Lipinski definition) is 4. The van der Waals surface area contributed by atoms with Gasteiger partial charge in [0.05, 0.1) is 12.2 Å². The maximum Gasteiger partial charge on any atom is 0.435 e. The summed E-state index contributed by atoms with van der Waals surface area (Å²) < 4.78 is 40.8. The van der Waals surface area contributed by atoms with Crippen molar-refractivity contribution >= 4 is 43.8 Å². The van der Waals surface area contributed by atoms with E-state index in [2.05, 4.69) is 26.0 Å². The van der Waals surface area contributed by atoms with E-state index in [0.717, 1.165) is 15.6 Å². The van der Waals surface area contributed by atoms with Gasteiger partial charge in [-0.25, -0.2) is 14.1 Å². The van der Waals surface area contributed by atoms with E-state index in [9.17, 15) is 18.0 Å². The van der Waals surface area contributed by atoms with Crippen LogP contribution in [0.5, 0.6) is 0 Å². The molecule has 23 heavy (non-hydrogen) atoms. The molecule has 0 saturated carbocycles. The van der Waals surface area contributed by atoms with E-state index < -0.39 is 11.9 Å². The number of fused-ring (bicyclic) bond motifs is 1. The Morgan fingerprint density at radius 2 is 2.09 bits per heavy atom. The molecule has 0 N–H and O–H groups in total. The second-order valence-corrected chi connectivity index (χ2v) is 6.98. The molecule has 0 amide bonds. The van der Waals surface area contributed by atoms with Gasteiger partial charge in [-0.1, -0.05) is 11.6 Å². The number of rotatable bonds is 2. The lowest BCUT2D eigenvalue weighted by Gasteiger charge is -2.04. The quantitative estimate of drug-likeness (QED) is 0.626. The maximum absolute atomic E-state index is 12.6. The van der Waals surface area contributed by atoms with Crippen molar-refractivity contribution in [3.8, 4) is 0 Å². The Balaban J connectivity index is 2.03. The van der Waals surface area contributed by atoms with Crippen molar-refractivity contribution in [2.24, 2.45) is 0 Å². The minimum absolute atomic E-state index is 0.130. The zero-order valence-electron chi connectivity index (χ0n) is 11.4. The van der Waals surface area contributed by atoms with E-state index in [1.165, 1.54) is 21.8 Å². The fraction of sp³-hybridized carbons (Fsp3) is 0.250. The summed E-state index contributed by atoms with van der Waals surface area (Å²) in [5.41, 5.74) is -1.14. The third-order valence-corrected chi connectivity index (χ3v) is 5.48. The number of nitrogens with zero attached hydrogens (tertiary/aromatic N) is 4. The largest absolute Gasteiger partial charge is 0.435 e. The molecule has 0 aliphatic heterocycles. The molecule has 5 nitrogen and oxygen atoms in total. The summed E-state index contributed by atoms with van der Waals surface area (Å²) in [7, 11) is 0. The Morgan fingerprint density at radius 3 is 2.70 bits per heavy atom. The number of thiazole rings is 1. The van der Waals surface area contributed by atoms with Crippen LogP contribution < -0.4 is 5.56 Å². The van der Waals surface area contributed by atoms with Crippen LogP contribution >= 0.6 is 38.9 Å². The first kappa shape index (κ1) is 16.5. The highest BCUT2D eigenvalue weighted by Crippen LogP contribution is 2.30. The van der Waals surface area contributed by atoms with Gasteiger partial charge in [-0.3, -0.25) is 4.79 Å². The highest BCUT2D eigenvalue weighted by atomic mass is 79.9. The Bertz CT molecular complexity index is 962. The molecule has 0 aromatic carbocycles. The zero-order chi connectivity index (χ0) is 16.9. The minimum atomic E-state index is -4.58. The van der Waals surface area contributed by atoms with Crippen LogP contribution in [0.15, 0.2) is 21.5 Å². The van der Waals surface area contributed by atoms with Gasteiger partial charge in [0.25, 0.3) is 5.56 Å². The average Bonchev–Trinajstić information content (AvgIpc) is 2.92. The molecule has 0 unspecified atom stereocenters. The lowest BCUT2D eigenvalue weighted by molar-refractivity contribution is -0.141. The first-order valence-electron chi connectivity index (χ1n) is 6.15. The van der Waals surface area contributed by atoms with Crippen molar-refractivity contribution in [1.82, 2.24) is 19.2 Å². The van der Waals surface area contributed by atoms with Crippen LogP contribution in [0, 0.1) is 6.92 Å². The number of aryl methyl sites for hydroxylation is 1. The van der Waals surface area contributed by atoms with Crippen LogP contribution in [-0.2, 0) is 12.7 Å². The SMILES string of the molecule is Cc1sc2nc(Cn3nc(C(F)(F)F)cc3Cl)cc(=O)n2c1Br. The molecular weight excluding hydrogens is 421 g/mol. The van der Waals surface area contributed by atoms with Crippen LogP contribution in [-0.4, -0.2) is 19.2 Å². The van der Waals surface area contributed by atoms with E-state index in [0.29, 0.717) is 9.56 Å². The van der Waals surface area contributed by atoms with E-state index in [-0.39, 0.29) is 23.0 Å². The summed E-state index contributed by atoms with van der Waals surface area (Å²) in [6.45, 7) is 1.69. The predicted octanol–water partition coefficient (Wildman–Crippen LogP) is 3.74. The zero-order valence-corrected chi connectivity index (χ0v) is 14.5. The second-order valence-electron chi connectivity index (χ2n) is 4.66. The third kappa shape index (κ3) is 3.02. The number of hydrogen-bond donors (Lipinski definition) is 0. The maximum atomic E-state index is 12.6. The molecule has 0 atom stereocenters. The van der Waals surface area contributed by atoms with Gasteiger partial charge in [0.15, 0.2) is 10.7 Å². The summed E-state index contributed by atoms with van der Waals surface area (Å²) in [5.74, 6) is 0. The normalized spacial score (nSPS) is 12.3. The van der Waals surface area contributed by atoms with Crippen LogP contribution in [0.4, 0.5) is 13.2 Å². The first-order valence-corrected chi connectivity index (χ1v) is 8.13. The molecule has 0 aliphatic rings. The molecule has 0 radical (unpaired) electrons. The van der Waals surface area contributed by atoms with Gasteiger partial charge in [-0.15, -0.1) is 11.3 Å². The minimum Gasteiger partial charge on any atom is -0.269 e. The average molecular weight is 428 g/mol. The molecule has 0 saturated heterocycles. The van der Waals surface area contributed by atoms with Gasteiger partial charge >= 0.3 is 6.18 Å². The summed E-state index contributed by atoms with van der Waals surface area (Å²) in [6.07, 6.45) is -4.58. The van der Waals surface area contributed by atoms with Crippen molar-refractivity contribution in [3.05, 3.63) is 48.5 Å². The van der Waals surface area contributed by atoms with Crippen molar-refractivity contribution in [2.75, 3.05) is 0 Å². The monoisotopic (exact) mass is 426 g/mol. The fourth-order valence-electron chi connectivity index (χ4n) is 1.97. The Labute approximate surface area is 144 Å². The molecule has 11 heteroatoms. The molecule has 0 aliphatic carbocycles. The topological polar surface area (TPSA) is 52.2 Å². The third-order valence-electron chi connectivity index (χ3n) is 3.01. The Kier molecular flexibility index (Phi) is 4.01. The molecule has 3 aromatic heterocycles. The van der Waals surface area contributed by atoms with E-state index >= 15 is 0 Å². The molecule has 0 bridgehead atoms.